The Labute approximate surface area is 120 Å². The van der Waals surface area contributed by atoms with Crippen LogP contribution in [0.1, 0.15) is 31.2 Å². The largest absolute Gasteiger partial charge is 0.343 e. The Morgan fingerprint density at radius 3 is 2.65 bits per heavy atom. The second-order valence-electron chi connectivity index (χ2n) is 5.28. The number of hydrogen-bond acceptors (Lipinski definition) is 2. The van der Waals surface area contributed by atoms with Crippen LogP contribution in [0, 0.1) is 5.82 Å². The van der Waals surface area contributed by atoms with Crippen molar-refractivity contribution in [1.29, 1.82) is 0 Å². The van der Waals surface area contributed by atoms with Crippen LogP contribution in [0.25, 0.3) is 0 Å². The van der Waals surface area contributed by atoms with Gasteiger partial charge >= 0.3 is 0 Å². The average molecular weight is 278 g/mol. The zero-order valence-corrected chi connectivity index (χ0v) is 11.9. The number of carbonyl (C=O) groups excluding carboxylic acids is 1. The van der Waals surface area contributed by atoms with Crippen molar-refractivity contribution in [3.05, 3.63) is 35.6 Å². The first-order valence-corrected chi connectivity index (χ1v) is 7.49. The Bertz CT molecular complexity index is 430. The number of carbonyl (C=O) groups is 1. The molecular formula is C16H23FN2O. The molecule has 0 saturated carbocycles. The molecule has 1 fully saturated rings. The molecule has 1 aromatic rings. The van der Waals surface area contributed by atoms with E-state index in [4.69, 9.17) is 0 Å². The lowest BCUT2D eigenvalue weighted by Crippen LogP contribution is -2.37. The Balaban J connectivity index is 1.59. The van der Waals surface area contributed by atoms with E-state index in [1.165, 1.54) is 12.5 Å². The van der Waals surface area contributed by atoms with Crippen LogP contribution in [0.2, 0.25) is 0 Å². The van der Waals surface area contributed by atoms with Gasteiger partial charge in [0.05, 0.1) is 0 Å². The van der Waals surface area contributed by atoms with E-state index in [-0.39, 0.29) is 11.7 Å². The zero-order chi connectivity index (χ0) is 14.2. The normalized spacial score (nSPS) is 15.3. The second kappa shape index (κ2) is 8.00. The molecule has 0 aromatic heterocycles. The molecule has 0 aliphatic carbocycles. The molecule has 0 unspecified atom stereocenters. The van der Waals surface area contributed by atoms with Gasteiger partial charge in [0.1, 0.15) is 5.82 Å². The molecule has 20 heavy (non-hydrogen) atoms. The van der Waals surface area contributed by atoms with Gasteiger partial charge in [-0.25, -0.2) is 4.39 Å². The summed E-state index contributed by atoms with van der Waals surface area (Å²) in [6.45, 7) is 3.19. The van der Waals surface area contributed by atoms with E-state index in [1.54, 1.807) is 12.1 Å². The van der Waals surface area contributed by atoms with Gasteiger partial charge in [-0.15, -0.1) is 0 Å². The molecular weight excluding hydrogens is 255 g/mol. The first kappa shape index (κ1) is 15.0. The van der Waals surface area contributed by atoms with Crippen LogP contribution in [-0.4, -0.2) is 37.0 Å². The minimum Gasteiger partial charge on any atom is -0.343 e. The van der Waals surface area contributed by atoms with E-state index in [2.05, 4.69) is 5.32 Å². The number of halogens is 1. The van der Waals surface area contributed by atoms with Crippen LogP contribution in [0.3, 0.4) is 0 Å². The number of piperidine rings is 1. The van der Waals surface area contributed by atoms with E-state index in [9.17, 15) is 9.18 Å². The van der Waals surface area contributed by atoms with E-state index in [0.717, 1.165) is 31.5 Å². The number of benzene rings is 1. The number of nitrogens with zero attached hydrogens (tertiary/aromatic N) is 1. The average Bonchev–Trinajstić information content (AvgIpc) is 2.49. The van der Waals surface area contributed by atoms with Crippen molar-refractivity contribution in [2.24, 2.45) is 0 Å². The highest BCUT2D eigenvalue weighted by molar-refractivity contribution is 5.76. The van der Waals surface area contributed by atoms with Gasteiger partial charge in [0.25, 0.3) is 0 Å². The number of hydrogen-bond donors (Lipinski definition) is 1. The lowest BCUT2D eigenvalue weighted by Gasteiger charge is -2.26. The molecule has 1 aliphatic rings. The number of likely N-dealkylation sites (tertiary alicyclic amines) is 1. The van der Waals surface area contributed by atoms with Crippen LogP contribution in [-0.2, 0) is 11.2 Å². The van der Waals surface area contributed by atoms with Crippen molar-refractivity contribution in [2.45, 2.75) is 32.1 Å². The minimum absolute atomic E-state index is 0.154. The van der Waals surface area contributed by atoms with Gasteiger partial charge in [0, 0.05) is 26.1 Å². The zero-order valence-electron chi connectivity index (χ0n) is 11.9. The fraction of sp³-hybridized carbons (Fsp3) is 0.562. The summed E-state index contributed by atoms with van der Waals surface area (Å²) in [5, 5.41) is 3.22. The summed E-state index contributed by atoms with van der Waals surface area (Å²) in [5.74, 6) is 0.0850. The maximum Gasteiger partial charge on any atom is 0.223 e. The highest BCUT2D eigenvalue weighted by atomic mass is 19.1. The lowest BCUT2D eigenvalue weighted by molar-refractivity contribution is -0.131. The van der Waals surface area contributed by atoms with Crippen LogP contribution < -0.4 is 5.32 Å². The maximum absolute atomic E-state index is 13.4. The van der Waals surface area contributed by atoms with Gasteiger partial charge in [0.15, 0.2) is 0 Å². The molecule has 3 nitrogen and oxygen atoms in total. The van der Waals surface area contributed by atoms with E-state index < -0.39 is 0 Å². The summed E-state index contributed by atoms with van der Waals surface area (Å²) in [6, 6.07) is 6.83. The predicted molar refractivity (Wildman–Crippen MR) is 78.0 cm³/mol. The van der Waals surface area contributed by atoms with Crippen molar-refractivity contribution in [3.63, 3.8) is 0 Å². The van der Waals surface area contributed by atoms with Gasteiger partial charge in [-0.2, -0.15) is 0 Å². The molecule has 2 rings (SSSR count). The van der Waals surface area contributed by atoms with Crippen LogP contribution in [0.4, 0.5) is 4.39 Å². The van der Waals surface area contributed by atoms with Crippen molar-refractivity contribution in [2.75, 3.05) is 26.2 Å². The van der Waals surface area contributed by atoms with Crippen molar-refractivity contribution in [1.82, 2.24) is 10.2 Å². The molecule has 1 aliphatic heterocycles. The first-order valence-electron chi connectivity index (χ1n) is 7.49. The molecule has 110 valence electrons. The first-order chi connectivity index (χ1) is 9.77. The van der Waals surface area contributed by atoms with E-state index in [0.29, 0.717) is 25.9 Å². The lowest BCUT2D eigenvalue weighted by atomic mass is 10.1. The second-order valence-corrected chi connectivity index (χ2v) is 5.28. The molecule has 1 saturated heterocycles. The molecule has 0 radical (unpaired) electrons. The smallest absolute Gasteiger partial charge is 0.223 e. The number of rotatable bonds is 6. The van der Waals surface area contributed by atoms with Gasteiger partial charge in [-0.05, 0) is 43.9 Å². The van der Waals surface area contributed by atoms with Crippen LogP contribution in [0.5, 0.6) is 0 Å². The third kappa shape index (κ3) is 4.60. The molecule has 4 heteroatoms. The standard InChI is InChI=1S/C16H23FN2O/c17-15-7-3-2-6-14(15)8-10-18-11-9-16(20)19-12-4-1-5-13-19/h2-3,6-7,18H,1,4-5,8-13H2. The van der Waals surface area contributed by atoms with E-state index in [1.807, 2.05) is 11.0 Å². The van der Waals surface area contributed by atoms with E-state index >= 15 is 0 Å². The van der Waals surface area contributed by atoms with Crippen LogP contribution in [0.15, 0.2) is 24.3 Å². The highest BCUT2D eigenvalue weighted by Crippen LogP contribution is 2.09. The summed E-state index contributed by atoms with van der Waals surface area (Å²) in [7, 11) is 0. The van der Waals surface area contributed by atoms with Crippen molar-refractivity contribution < 1.29 is 9.18 Å². The summed E-state index contributed by atoms with van der Waals surface area (Å²) in [6.07, 6.45) is 4.70. The Hall–Kier alpha value is -1.42. The summed E-state index contributed by atoms with van der Waals surface area (Å²) >= 11 is 0. The molecule has 0 bridgehead atoms. The molecule has 0 spiro atoms. The van der Waals surface area contributed by atoms with Gasteiger partial charge < -0.3 is 10.2 Å². The Morgan fingerprint density at radius 2 is 1.90 bits per heavy atom. The molecule has 1 aromatic carbocycles. The number of nitrogens with one attached hydrogen (secondary N) is 1. The maximum atomic E-state index is 13.4. The van der Waals surface area contributed by atoms with Gasteiger partial charge in [-0.1, -0.05) is 18.2 Å². The summed E-state index contributed by atoms with van der Waals surface area (Å²) in [5.41, 5.74) is 0.724. The number of amides is 1. The highest BCUT2D eigenvalue weighted by Gasteiger charge is 2.15. The predicted octanol–water partition coefficient (Wildman–Crippen LogP) is 2.36. The summed E-state index contributed by atoms with van der Waals surface area (Å²) < 4.78 is 13.4. The van der Waals surface area contributed by atoms with Gasteiger partial charge in [0.2, 0.25) is 5.91 Å². The molecule has 0 atom stereocenters. The Kier molecular flexibility index (Phi) is 5.99. The summed E-state index contributed by atoms with van der Waals surface area (Å²) in [4.78, 5) is 13.9. The van der Waals surface area contributed by atoms with Crippen molar-refractivity contribution >= 4 is 5.91 Å². The van der Waals surface area contributed by atoms with Crippen LogP contribution >= 0.6 is 0 Å². The quantitative estimate of drug-likeness (QED) is 0.810. The Morgan fingerprint density at radius 1 is 1.15 bits per heavy atom. The van der Waals surface area contributed by atoms with Crippen molar-refractivity contribution in [3.8, 4) is 0 Å². The molecule has 1 heterocycles. The fourth-order valence-corrected chi connectivity index (χ4v) is 2.55. The third-order valence-electron chi connectivity index (χ3n) is 3.75. The monoisotopic (exact) mass is 278 g/mol. The molecule has 1 N–H and O–H groups in total. The fourth-order valence-electron chi connectivity index (χ4n) is 2.55. The third-order valence-corrected chi connectivity index (χ3v) is 3.75. The SMILES string of the molecule is O=C(CCNCCc1ccccc1F)N1CCCCC1. The van der Waals surface area contributed by atoms with Gasteiger partial charge in [-0.3, -0.25) is 4.79 Å². The topological polar surface area (TPSA) is 32.3 Å². The minimum atomic E-state index is -0.154. The molecule has 1 amide bonds.